The topological polar surface area (TPSA) is 106 Å². The van der Waals surface area contributed by atoms with E-state index in [1.165, 1.54) is 19.3 Å². The van der Waals surface area contributed by atoms with Gasteiger partial charge in [-0.1, -0.05) is 0 Å². The molecule has 28 heavy (non-hydrogen) atoms. The van der Waals surface area contributed by atoms with Crippen LogP contribution in [0.25, 0.3) is 22.2 Å². The SMILES string of the molecule is C[C@@H](Nc1cncc(-c2c[nH]c3ncc(C#N)cc23)c1)C(=O)NCC(F)(F)F. The first-order valence-electron chi connectivity index (χ1n) is 8.20. The van der Waals surface area contributed by atoms with E-state index in [0.29, 0.717) is 22.5 Å². The van der Waals surface area contributed by atoms with E-state index in [2.05, 4.69) is 20.3 Å². The molecule has 0 aliphatic heterocycles. The molecule has 0 aliphatic rings. The van der Waals surface area contributed by atoms with Crippen LogP contribution in [0.5, 0.6) is 0 Å². The Kier molecular flexibility index (Phi) is 5.17. The molecule has 0 saturated heterocycles. The Labute approximate surface area is 157 Å². The number of aromatic amines is 1. The third-order valence-corrected chi connectivity index (χ3v) is 3.95. The summed E-state index contributed by atoms with van der Waals surface area (Å²) in [5.74, 6) is -0.780. The van der Waals surface area contributed by atoms with Crippen molar-refractivity contribution in [2.24, 2.45) is 0 Å². The highest BCUT2D eigenvalue weighted by atomic mass is 19.4. The molecule has 0 saturated carbocycles. The van der Waals surface area contributed by atoms with Gasteiger partial charge in [-0.25, -0.2) is 4.98 Å². The quantitative estimate of drug-likeness (QED) is 0.623. The minimum atomic E-state index is -4.47. The molecule has 0 fully saturated rings. The van der Waals surface area contributed by atoms with Crippen molar-refractivity contribution in [1.29, 1.82) is 5.26 Å². The number of fused-ring (bicyclic) bond motifs is 1. The Morgan fingerprint density at radius 3 is 2.82 bits per heavy atom. The standard InChI is InChI=1S/C18H15F3N6O/c1-10(17(28)26-9-18(19,20)21)27-13-3-12(6-23-7-13)15-8-25-16-14(15)2-11(4-22)5-24-16/h2-3,5-8,10,27H,9H2,1H3,(H,24,25)(H,26,28)/t10-/m1/s1. The zero-order valence-corrected chi connectivity index (χ0v) is 14.6. The van der Waals surface area contributed by atoms with Crippen LogP contribution in [0, 0.1) is 11.3 Å². The molecule has 3 heterocycles. The Hall–Kier alpha value is -3.61. The van der Waals surface area contributed by atoms with Crippen molar-refractivity contribution in [3.05, 3.63) is 42.5 Å². The minimum Gasteiger partial charge on any atom is -0.373 e. The number of nitriles is 1. The summed E-state index contributed by atoms with van der Waals surface area (Å²) in [6.45, 7) is 0.0624. The van der Waals surface area contributed by atoms with E-state index in [-0.39, 0.29) is 0 Å². The molecule has 3 N–H and O–H groups in total. The lowest BCUT2D eigenvalue weighted by Gasteiger charge is -2.16. The summed E-state index contributed by atoms with van der Waals surface area (Å²) in [6, 6.07) is 4.54. The number of aromatic nitrogens is 3. The Morgan fingerprint density at radius 1 is 1.32 bits per heavy atom. The summed E-state index contributed by atoms with van der Waals surface area (Å²) in [7, 11) is 0. The van der Waals surface area contributed by atoms with Crippen molar-refractivity contribution in [2.75, 3.05) is 11.9 Å². The molecule has 0 radical (unpaired) electrons. The fourth-order valence-corrected chi connectivity index (χ4v) is 2.63. The van der Waals surface area contributed by atoms with Crippen molar-refractivity contribution >= 4 is 22.6 Å². The Balaban J connectivity index is 1.80. The molecule has 10 heteroatoms. The van der Waals surface area contributed by atoms with Crippen LogP contribution in [0.1, 0.15) is 12.5 Å². The highest BCUT2D eigenvalue weighted by Gasteiger charge is 2.28. The van der Waals surface area contributed by atoms with Crippen LogP contribution in [0.2, 0.25) is 0 Å². The molecule has 0 aromatic carbocycles. The first kappa shape index (κ1) is 19.2. The first-order chi connectivity index (χ1) is 13.3. The first-order valence-corrected chi connectivity index (χ1v) is 8.20. The van der Waals surface area contributed by atoms with Crippen LogP contribution in [-0.4, -0.2) is 39.6 Å². The fraction of sp³-hybridized carbons (Fsp3) is 0.222. The third kappa shape index (κ3) is 4.37. The van der Waals surface area contributed by atoms with Gasteiger partial charge in [0.15, 0.2) is 0 Å². The van der Waals surface area contributed by atoms with E-state index in [1.807, 2.05) is 11.4 Å². The van der Waals surface area contributed by atoms with Gasteiger partial charge in [-0.3, -0.25) is 9.78 Å². The Morgan fingerprint density at radius 2 is 2.11 bits per heavy atom. The maximum Gasteiger partial charge on any atom is 0.405 e. The maximum atomic E-state index is 12.2. The number of halogens is 3. The fourth-order valence-electron chi connectivity index (χ4n) is 2.63. The van der Waals surface area contributed by atoms with Crippen LogP contribution in [-0.2, 0) is 4.79 Å². The molecular weight excluding hydrogens is 373 g/mol. The summed E-state index contributed by atoms with van der Waals surface area (Å²) in [6.07, 6.45) is 1.77. The predicted molar refractivity (Wildman–Crippen MR) is 96.2 cm³/mol. The zero-order valence-electron chi connectivity index (χ0n) is 14.6. The highest BCUT2D eigenvalue weighted by Crippen LogP contribution is 2.29. The third-order valence-electron chi connectivity index (χ3n) is 3.95. The lowest BCUT2D eigenvalue weighted by atomic mass is 10.1. The number of rotatable bonds is 5. The smallest absolute Gasteiger partial charge is 0.373 e. The maximum absolute atomic E-state index is 12.2. The van der Waals surface area contributed by atoms with Crippen LogP contribution in [0.15, 0.2) is 36.9 Å². The second-order valence-electron chi connectivity index (χ2n) is 6.10. The van der Waals surface area contributed by atoms with Gasteiger partial charge in [-0.15, -0.1) is 0 Å². The van der Waals surface area contributed by atoms with Gasteiger partial charge in [0, 0.05) is 41.3 Å². The summed E-state index contributed by atoms with van der Waals surface area (Å²) < 4.78 is 36.7. The molecule has 3 aromatic rings. The van der Waals surface area contributed by atoms with Crippen molar-refractivity contribution in [2.45, 2.75) is 19.1 Å². The number of H-pyrrole nitrogens is 1. The van der Waals surface area contributed by atoms with Crippen LogP contribution in [0.4, 0.5) is 18.9 Å². The van der Waals surface area contributed by atoms with Gasteiger partial charge in [-0.2, -0.15) is 18.4 Å². The Bertz CT molecular complexity index is 1050. The number of carbonyl (C=O) groups is 1. The molecule has 3 aromatic heterocycles. The summed E-state index contributed by atoms with van der Waals surface area (Å²) in [5.41, 5.74) is 2.92. The lowest BCUT2D eigenvalue weighted by Crippen LogP contribution is -2.42. The number of hydrogen-bond donors (Lipinski definition) is 3. The molecule has 0 aliphatic carbocycles. The molecule has 144 valence electrons. The van der Waals surface area contributed by atoms with Gasteiger partial charge >= 0.3 is 6.18 Å². The van der Waals surface area contributed by atoms with E-state index in [9.17, 15) is 18.0 Å². The zero-order chi connectivity index (χ0) is 20.3. The molecule has 1 atom stereocenters. The molecule has 0 spiro atoms. The van der Waals surface area contributed by atoms with Gasteiger partial charge in [0.2, 0.25) is 5.91 Å². The average Bonchev–Trinajstić information content (AvgIpc) is 3.08. The predicted octanol–water partition coefficient (Wildman–Crippen LogP) is 2.98. The van der Waals surface area contributed by atoms with Gasteiger partial charge < -0.3 is 15.6 Å². The molecule has 7 nitrogen and oxygen atoms in total. The number of carbonyl (C=O) groups excluding carboxylic acids is 1. The average molecular weight is 388 g/mol. The second kappa shape index (κ2) is 7.56. The summed E-state index contributed by atoms with van der Waals surface area (Å²) in [5, 5.41) is 14.4. The van der Waals surface area contributed by atoms with Crippen molar-refractivity contribution in [3.63, 3.8) is 0 Å². The molecule has 1 amide bonds. The molecule has 0 unspecified atom stereocenters. The van der Waals surface area contributed by atoms with Gasteiger partial charge in [-0.05, 0) is 19.1 Å². The van der Waals surface area contributed by atoms with E-state index < -0.39 is 24.7 Å². The molecular formula is C18H15F3N6O. The minimum absolute atomic E-state index is 0.408. The van der Waals surface area contributed by atoms with Gasteiger partial charge in [0.25, 0.3) is 0 Å². The van der Waals surface area contributed by atoms with E-state index in [1.54, 1.807) is 24.5 Å². The number of pyridine rings is 2. The summed E-state index contributed by atoms with van der Waals surface area (Å²) in [4.78, 5) is 23.1. The normalized spacial score (nSPS) is 12.4. The van der Waals surface area contributed by atoms with Crippen molar-refractivity contribution < 1.29 is 18.0 Å². The van der Waals surface area contributed by atoms with Gasteiger partial charge in [0.05, 0.1) is 11.3 Å². The largest absolute Gasteiger partial charge is 0.405 e. The van der Waals surface area contributed by atoms with Crippen molar-refractivity contribution in [3.8, 4) is 17.2 Å². The van der Waals surface area contributed by atoms with Crippen LogP contribution in [0.3, 0.4) is 0 Å². The molecule has 0 bridgehead atoms. The lowest BCUT2D eigenvalue weighted by molar-refractivity contribution is -0.138. The number of alkyl halides is 3. The van der Waals surface area contributed by atoms with E-state index in [4.69, 9.17) is 5.26 Å². The number of nitrogens with one attached hydrogen (secondary N) is 3. The number of anilines is 1. The monoisotopic (exact) mass is 388 g/mol. The van der Waals surface area contributed by atoms with E-state index in [0.717, 1.165) is 10.9 Å². The number of nitrogens with zero attached hydrogens (tertiary/aromatic N) is 3. The van der Waals surface area contributed by atoms with Crippen molar-refractivity contribution in [1.82, 2.24) is 20.3 Å². The van der Waals surface area contributed by atoms with Crippen LogP contribution >= 0.6 is 0 Å². The number of amides is 1. The molecule has 3 rings (SSSR count). The van der Waals surface area contributed by atoms with Gasteiger partial charge in [0.1, 0.15) is 24.3 Å². The van der Waals surface area contributed by atoms with E-state index >= 15 is 0 Å². The highest BCUT2D eigenvalue weighted by molar-refractivity contribution is 5.94. The second-order valence-corrected chi connectivity index (χ2v) is 6.10. The number of hydrogen-bond acceptors (Lipinski definition) is 5. The van der Waals surface area contributed by atoms with Crippen LogP contribution < -0.4 is 10.6 Å². The summed E-state index contributed by atoms with van der Waals surface area (Å²) >= 11 is 0.